The van der Waals surface area contributed by atoms with Crippen LogP contribution in [0.3, 0.4) is 0 Å². The number of hydrogen-bond acceptors (Lipinski definition) is 4. The van der Waals surface area contributed by atoms with Gasteiger partial charge in [0.25, 0.3) is 0 Å². The number of carboxylic acid groups (broad SMARTS) is 1. The third-order valence-electron chi connectivity index (χ3n) is 3.54. The minimum atomic E-state index is -3.23. The molecule has 1 heterocycles. The second-order valence-electron chi connectivity index (χ2n) is 5.22. The van der Waals surface area contributed by atoms with Crippen LogP contribution in [0.2, 0.25) is 0 Å². The van der Waals surface area contributed by atoms with Crippen LogP contribution in [0.1, 0.15) is 23.4 Å². The molecule has 0 atom stereocenters. The van der Waals surface area contributed by atoms with Crippen LogP contribution in [0.5, 0.6) is 0 Å². The average Bonchev–Trinajstić information content (AvgIpc) is 2.71. The summed E-state index contributed by atoms with van der Waals surface area (Å²) in [6.07, 6.45) is 1.64. The largest absolute Gasteiger partial charge is 0.481 e. The Morgan fingerprint density at radius 3 is 2.32 bits per heavy atom. The predicted molar refractivity (Wildman–Crippen MR) is 82.1 cm³/mol. The van der Waals surface area contributed by atoms with Gasteiger partial charge in [0.2, 0.25) is 0 Å². The lowest BCUT2D eigenvalue weighted by Gasteiger charge is -2.06. The summed E-state index contributed by atoms with van der Waals surface area (Å²) in [6.45, 7) is 3.72. The highest BCUT2D eigenvalue weighted by atomic mass is 32.2. The summed E-state index contributed by atoms with van der Waals surface area (Å²) in [6, 6.07) is 6.46. The van der Waals surface area contributed by atoms with E-state index in [1.165, 1.54) is 12.1 Å². The van der Waals surface area contributed by atoms with Crippen molar-refractivity contribution in [2.45, 2.75) is 31.6 Å². The third-order valence-corrected chi connectivity index (χ3v) is 4.67. The van der Waals surface area contributed by atoms with E-state index in [9.17, 15) is 13.2 Å². The number of hydrogen-bond donors (Lipinski definition) is 1. The first kappa shape index (κ1) is 16.2. The standard InChI is InChI=1S/C15H18N2O4S/c1-10-14(8-9-15(18)19)11(2)17(16-10)12-4-6-13(7-5-12)22(3,20)21/h4-7H,8-9H2,1-3H3,(H,18,19). The molecule has 2 rings (SSSR count). The zero-order chi connectivity index (χ0) is 16.5. The average molecular weight is 322 g/mol. The molecule has 0 unspecified atom stereocenters. The molecule has 0 aliphatic carbocycles. The fraction of sp³-hybridized carbons (Fsp3) is 0.333. The summed E-state index contributed by atoms with van der Waals surface area (Å²) < 4.78 is 24.7. The zero-order valence-electron chi connectivity index (χ0n) is 12.7. The van der Waals surface area contributed by atoms with Gasteiger partial charge in [-0.05, 0) is 50.1 Å². The van der Waals surface area contributed by atoms with E-state index < -0.39 is 15.8 Å². The van der Waals surface area contributed by atoms with Gasteiger partial charge < -0.3 is 5.11 Å². The molecular formula is C15H18N2O4S. The number of aryl methyl sites for hydroxylation is 1. The number of aliphatic carboxylic acids is 1. The fourth-order valence-corrected chi connectivity index (χ4v) is 2.99. The molecular weight excluding hydrogens is 304 g/mol. The molecule has 0 fully saturated rings. The monoisotopic (exact) mass is 322 g/mol. The van der Waals surface area contributed by atoms with E-state index in [0.29, 0.717) is 6.42 Å². The molecule has 0 saturated carbocycles. The van der Waals surface area contributed by atoms with Crippen LogP contribution < -0.4 is 0 Å². The molecule has 0 bridgehead atoms. The van der Waals surface area contributed by atoms with Crippen molar-refractivity contribution in [1.82, 2.24) is 9.78 Å². The van der Waals surface area contributed by atoms with Gasteiger partial charge in [-0.25, -0.2) is 13.1 Å². The Hall–Kier alpha value is -2.15. The summed E-state index contributed by atoms with van der Waals surface area (Å²) in [5.41, 5.74) is 3.31. The molecule has 0 saturated heterocycles. The van der Waals surface area contributed by atoms with Gasteiger partial charge in [-0.15, -0.1) is 0 Å². The molecule has 0 spiro atoms. The van der Waals surface area contributed by atoms with Crippen molar-refractivity contribution in [3.05, 3.63) is 41.2 Å². The van der Waals surface area contributed by atoms with Crippen molar-refractivity contribution < 1.29 is 18.3 Å². The number of benzene rings is 1. The first-order chi connectivity index (χ1) is 10.2. The molecule has 0 aliphatic rings. The van der Waals surface area contributed by atoms with E-state index in [2.05, 4.69) is 5.10 Å². The van der Waals surface area contributed by atoms with E-state index in [1.54, 1.807) is 16.8 Å². The van der Waals surface area contributed by atoms with Gasteiger partial charge in [-0.1, -0.05) is 0 Å². The van der Waals surface area contributed by atoms with Crippen LogP contribution in [0.4, 0.5) is 0 Å². The minimum Gasteiger partial charge on any atom is -0.481 e. The highest BCUT2D eigenvalue weighted by molar-refractivity contribution is 7.90. The maximum Gasteiger partial charge on any atom is 0.303 e. The van der Waals surface area contributed by atoms with Crippen molar-refractivity contribution in [1.29, 1.82) is 0 Å². The van der Waals surface area contributed by atoms with Crippen LogP contribution in [-0.4, -0.2) is 35.5 Å². The Kier molecular flexibility index (Phi) is 4.37. The molecule has 22 heavy (non-hydrogen) atoms. The fourth-order valence-electron chi connectivity index (χ4n) is 2.35. The molecule has 0 radical (unpaired) electrons. The van der Waals surface area contributed by atoms with Gasteiger partial charge in [0.05, 0.1) is 16.3 Å². The molecule has 0 amide bonds. The lowest BCUT2D eigenvalue weighted by Crippen LogP contribution is -2.02. The van der Waals surface area contributed by atoms with Gasteiger partial charge in [0.15, 0.2) is 9.84 Å². The third kappa shape index (κ3) is 3.36. The summed E-state index contributed by atoms with van der Waals surface area (Å²) in [7, 11) is -3.23. The molecule has 1 aromatic heterocycles. The first-order valence-corrected chi connectivity index (χ1v) is 8.66. The molecule has 1 aromatic carbocycles. The smallest absolute Gasteiger partial charge is 0.303 e. The summed E-state index contributed by atoms with van der Waals surface area (Å²) in [5, 5.41) is 13.2. The van der Waals surface area contributed by atoms with Crippen molar-refractivity contribution in [2.24, 2.45) is 0 Å². The Morgan fingerprint density at radius 1 is 1.23 bits per heavy atom. The lowest BCUT2D eigenvalue weighted by atomic mass is 10.1. The molecule has 2 aromatic rings. The van der Waals surface area contributed by atoms with E-state index in [4.69, 9.17) is 5.11 Å². The number of rotatable bonds is 5. The van der Waals surface area contributed by atoms with E-state index >= 15 is 0 Å². The van der Waals surface area contributed by atoms with Crippen LogP contribution in [0.15, 0.2) is 29.2 Å². The van der Waals surface area contributed by atoms with Gasteiger partial charge in [0.1, 0.15) is 0 Å². The highest BCUT2D eigenvalue weighted by Crippen LogP contribution is 2.20. The van der Waals surface area contributed by atoms with Crippen molar-refractivity contribution in [2.75, 3.05) is 6.26 Å². The Bertz CT molecular complexity index is 805. The predicted octanol–water partition coefficient (Wildman–Crippen LogP) is 1.91. The summed E-state index contributed by atoms with van der Waals surface area (Å²) in [5.74, 6) is -0.843. The maximum atomic E-state index is 11.5. The summed E-state index contributed by atoms with van der Waals surface area (Å²) >= 11 is 0. The molecule has 0 aliphatic heterocycles. The zero-order valence-corrected chi connectivity index (χ0v) is 13.5. The van der Waals surface area contributed by atoms with Crippen molar-refractivity contribution >= 4 is 15.8 Å². The van der Waals surface area contributed by atoms with Crippen LogP contribution >= 0.6 is 0 Å². The van der Waals surface area contributed by atoms with Gasteiger partial charge >= 0.3 is 5.97 Å². The lowest BCUT2D eigenvalue weighted by molar-refractivity contribution is -0.136. The highest BCUT2D eigenvalue weighted by Gasteiger charge is 2.14. The maximum absolute atomic E-state index is 11.5. The quantitative estimate of drug-likeness (QED) is 0.908. The van der Waals surface area contributed by atoms with E-state index in [1.807, 2.05) is 13.8 Å². The van der Waals surface area contributed by atoms with Gasteiger partial charge in [-0.3, -0.25) is 4.79 Å². The number of sulfone groups is 1. The number of nitrogens with zero attached hydrogens (tertiary/aromatic N) is 2. The first-order valence-electron chi connectivity index (χ1n) is 6.77. The second-order valence-corrected chi connectivity index (χ2v) is 7.24. The molecule has 118 valence electrons. The Labute approximate surface area is 129 Å². The van der Waals surface area contributed by atoms with Gasteiger partial charge in [0, 0.05) is 18.4 Å². The topological polar surface area (TPSA) is 89.3 Å². The molecule has 7 heteroatoms. The number of carbonyl (C=O) groups is 1. The number of carboxylic acids is 1. The van der Waals surface area contributed by atoms with Gasteiger partial charge in [-0.2, -0.15) is 5.10 Å². The normalized spacial score (nSPS) is 11.6. The molecule has 6 nitrogen and oxygen atoms in total. The van der Waals surface area contributed by atoms with Crippen LogP contribution in [0, 0.1) is 13.8 Å². The van der Waals surface area contributed by atoms with Crippen molar-refractivity contribution in [3.8, 4) is 5.69 Å². The summed E-state index contributed by atoms with van der Waals surface area (Å²) in [4.78, 5) is 11.0. The van der Waals surface area contributed by atoms with Crippen LogP contribution in [0.25, 0.3) is 5.69 Å². The van der Waals surface area contributed by atoms with Crippen molar-refractivity contribution in [3.63, 3.8) is 0 Å². The minimum absolute atomic E-state index is 0.0559. The van der Waals surface area contributed by atoms with E-state index in [-0.39, 0.29) is 11.3 Å². The Morgan fingerprint density at radius 2 is 1.82 bits per heavy atom. The van der Waals surface area contributed by atoms with E-state index in [0.717, 1.165) is 28.9 Å². The van der Waals surface area contributed by atoms with Crippen LogP contribution in [-0.2, 0) is 21.1 Å². The Balaban J connectivity index is 2.37. The SMILES string of the molecule is Cc1nn(-c2ccc(S(C)(=O)=O)cc2)c(C)c1CCC(=O)O. The second kappa shape index (κ2) is 5.92. The molecule has 1 N–H and O–H groups in total. The number of aromatic nitrogens is 2.